The van der Waals surface area contributed by atoms with E-state index < -0.39 is 0 Å². The van der Waals surface area contributed by atoms with E-state index in [0.717, 1.165) is 23.5 Å². The fourth-order valence-corrected chi connectivity index (χ4v) is 2.50. The molecule has 0 saturated heterocycles. The van der Waals surface area contributed by atoms with Gasteiger partial charge in [-0.05, 0) is 41.5 Å². The Labute approximate surface area is 136 Å². The molecule has 1 aliphatic rings. The number of nitrogens with two attached hydrogens (primary N) is 1. The first-order valence-electron chi connectivity index (χ1n) is 8.13. The van der Waals surface area contributed by atoms with Gasteiger partial charge in [0.1, 0.15) is 12.4 Å². The zero-order valence-corrected chi connectivity index (χ0v) is 13.2. The molecule has 1 fully saturated rings. The molecule has 4 nitrogen and oxygen atoms in total. The van der Waals surface area contributed by atoms with Crippen molar-refractivity contribution in [3.05, 3.63) is 59.3 Å². The number of hydrogen-bond donors (Lipinski definition) is 1. The largest absolute Gasteiger partial charge is 0.461 e. The Hall–Kier alpha value is -2.36. The van der Waals surface area contributed by atoms with E-state index in [1.165, 1.54) is 24.8 Å². The van der Waals surface area contributed by atoms with Gasteiger partial charge in [-0.25, -0.2) is 4.98 Å². The summed E-state index contributed by atoms with van der Waals surface area (Å²) < 4.78 is 5.31. The van der Waals surface area contributed by atoms with Gasteiger partial charge in [0.2, 0.25) is 0 Å². The van der Waals surface area contributed by atoms with E-state index in [-0.39, 0.29) is 12.4 Å². The summed E-state index contributed by atoms with van der Waals surface area (Å²) in [6, 6.07) is 11.8. The molecule has 0 bridgehead atoms. The highest BCUT2D eigenvalue weighted by Gasteiger charge is 2.20. The van der Waals surface area contributed by atoms with Crippen molar-refractivity contribution in [2.45, 2.75) is 38.7 Å². The second-order valence-corrected chi connectivity index (χ2v) is 6.23. The molecule has 2 N–H and O–H groups in total. The number of anilines is 1. The van der Waals surface area contributed by atoms with Gasteiger partial charge in [0, 0.05) is 6.20 Å². The van der Waals surface area contributed by atoms with E-state index in [0.29, 0.717) is 12.4 Å². The summed E-state index contributed by atoms with van der Waals surface area (Å²) in [5.41, 5.74) is 8.70. The van der Waals surface area contributed by atoms with Crippen molar-refractivity contribution >= 4 is 11.8 Å². The second kappa shape index (κ2) is 7.27. The summed E-state index contributed by atoms with van der Waals surface area (Å²) in [6.07, 6.45) is 7.06. The van der Waals surface area contributed by atoms with Crippen LogP contribution in [0.1, 0.15) is 36.0 Å². The van der Waals surface area contributed by atoms with Gasteiger partial charge in [0.25, 0.3) is 0 Å². The van der Waals surface area contributed by atoms with Gasteiger partial charge in [0.15, 0.2) is 0 Å². The number of aryl methyl sites for hydroxylation is 1. The topological polar surface area (TPSA) is 65.2 Å². The normalized spacial score (nSPS) is 13.7. The standard InChI is InChI=1S/C19H22N2O2/c20-18-10-9-17(12-21-18)11-19(22)23-13-16-7-5-15(6-8-16)4-3-14-1-2-14/h5-10,12,14H,1-4,11,13H2,(H2,20,21). The number of nitrogens with zero attached hydrogens (tertiary/aromatic N) is 1. The minimum Gasteiger partial charge on any atom is -0.461 e. The highest BCUT2D eigenvalue weighted by atomic mass is 16.5. The van der Waals surface area contributed by atoms with Crippen molar-refractivity contribution in [3.63, 3.8) is 0 Å². The van der Waals surface area contributed by atoms with Crippen LogP contribution in [0.2, 0.25) is 0 Å². The third-order valence-corrected chi connectivity index (χ3v) is 4.16. The molecule has 0 atom stereocenters. The number of rotatable bonds is 7. The Bertz CT molecular complexity index is 646. The van der Waals surface area contributed by atoms with Gasteiger partial charge >= 0.3 is 5.97 Å². The number of esters is 1. The highest BCUT2D eigenvalue weighted by molar-refractivity contribution is 5.72. The van der Waals surface area contributed by atoms with E-state index >= 15 is 0 Å². The van der Waals surface area contributed by atoms with Crippen molar-refractivity contribution in [2.75, 3.05) is 5.73 Å². The molecular formula is C19H22N2O2. The molecule has 4 heteroatoms. The van der Waals surface area contributed by atoms with Crippen LogP contribution in [-0.4, -0.2) is 11.0 Å². The fraction of sp³-hybridized carbons (Fsp3) is 0.368. The summed E-state index contributed by atoms with van der Waals surface area (Å²) in [6.45, 7) is 0.310. The van der Waals surface area contributed by atoms with Crippen LogP contribution in [0.4, 0.5) is 5.82 Å². The molecule has 0 radical (unpaired) electrons. The number of nitrogen functional groups attached to an aromatic ring is 1. The summed E-state index contributed by atoms with van der Waals surface area (Å²) in [5, 5.41) is 0. The number of pyridine rings is 1. The first kappa shape index (κ1) is 15.5. The zero-order valence-electron chi connectivity index (χ0n) is 13.2. The molecule has 1 aliphatic carbocycles. The lowest BCUT2D eigenvalue weighted by molar-refractivity contribution is -0.144. The first-order chi connectivity index (χ1) is 11.2. The first-order valence-corrected chi connectivity index (χ1v) is 8.13. The van der Waals surface area contributed by atoms with Crippen LogP contribution >= 0.6 is 0 Å². The number of carbonyl (C=O) groups excluding carboxylic acids is 1. The maximum Gasteiger partial charge on any atom is 0.310 e. The van der Waals surface area contributed by atoms with Crippen LogP contribution in [0.15, 0.2) is 42.6 Å². The van der Waals surface area contributed by atoms with Crippen molar-refractivity contribution in [2.24, 2.45) is 5.92 Å². The van der Waals surface area contributed by atoms with Crippen LogP contribution in [0, 0.1) is 5.92 Å². The second-order valence-electron chi connectivity index (χ2n) is 6.23. The van der Waals surface area contributed by atoms with Crippen LogP contribution in [0.5, 0.6) is 0 Å². The summed E-state index contributed by atoms with van der Waals surface area (Å²) in [4.78, 5) is 15.8. The summed E-state index contributed by atoms with van der Waals surface area (Å²) in [5.74, 6) is 1.15. The average molecular weight is 310 g/mol. The lowest BCUT2D eigenvalue weighted by atomic mass is 10.1. The molecule has 0 spiro atoms. The Kier molecular flexibility index (Phi) is 4.91. The predicted molar refractivity (Wildman–Crippen MR) is 89.6 cm³/mol. The predicted octanol–water partition coefficient (Wildman–Crippen LogP) is 3.29. The molecule has 1 saturated carbocycles. The lowest BCUT2D eigenvalue weighted by Crippen LogP contribution is -2.08. The maximum atomic E-state index is 11.8. The molecule has 1 heterocycles. The molecule has 23 heavy (non-hydrogen) atoms. The van der Waals surface area contributed by atoms with Crippen LogP contribution in [-0.2, 0) is 29.0 Å². The van der Waals surface area contributed by atoms with Gasteiger partial charge in [-0.15, -0.1) is 0 Å². The monoisotopic (exact) mass is 310 g/mol. The van der Waals surface area contributed by atoms with E-state index in [1.807, 2.05) is 12.1 Å². The maximum absolute atomic E-state index is 11.8. The molecule has 2 aromatic rings. The Balaban J connectivity index is 1.43. The van der Waals surface area contributed by atoms with E-state index in [2.05, 4.69) is 17.1 Å². The zero-order chi connectivity index (χ0) is 16.1. The van der Waals surface area contributed by atoms with Gasteiger partial charge in [-0.3, -0.25) is 4.79 Å². The van der Waals surface area contributed by atoms with Crippen LogP contribution in [0.25, 0.3) is 0 Å². The van der Waals surface area contributed by atoms with E-state index in [9.17, 15) is 4.79 Å². The highest BCUT2D eigenvalue weighted by Crippen LogP contribution is 2.33. The van der Waals surface area contributed by atoms with Gasteiger partial charge < -0.3 is 10.5 Å². The van der Waals surface area contributed by atoms with E-state index in [1.54, 1.807) is 18.3 Å². The minimum atomic E-state index is -0.255. The third kappa shape index (κ3) is 5.09. The molecule has 120 valence electrons. The van der Waals surface area contributed by atoms with Crippen molar-refractivity contribution in [3.8, 4) is 0 Å². The molecular weight excluding hydrogens is 288 g/mol. The fourth-order valence-electron chi connectivity index (χ4n) is 2.50. The molecule has 0 aliphatic heterocycles. The van der Waals surface area contributed by atoms with Gasteiger partial charge in [0.05, 0.1) is 6.42 Å². The van der Waals surface area contributed by atoms with Gasteiger partial charge in [-0.2, -0.15) is 0 Å². The SMILES string of the molecule is Nc1ccc(CC(=O)OCc2ccc(CCC3CC3)cc2)cn1. The molecule has 0 amide bonds. The van der Waals surface area contributed by atoms with Gasteiger partial charge in [-0.1, -0.05) is 43.2 Å². The van der Waals surface area contributed by atoms with Crippen LogP contribution in [0.3, 0.4) is 0 Å². The number of carbonyl (C=O) groups is 1. The number of benzene rings is 1. The molecule has 0 unspecified atom stereocenters. The number of ether oxygens (including phenoxy) is 1. The van der Waals surface area contributed by atoms with E-state index in [4.69, 9.17) is 10.5 Å². The Morgan fingerprint density at radius 1 is 1.09 bits per heavy atom. The Morgan fingerprint density at radius 2 is 1.78 bits per heavy atom. The molecule has 1 aromatic heterocycles. The number of aromatic nitrogens is 1. The third-order valence-electron chi connectivity index (χ3n) is 4.16. The smallest absolute Gasteiger partial charge is 0.310 e. The minimum absolute atomic E-state index is 0.215. The van der Waals surface area contributed by atoms with Crippen molar-refractivity contribution in [1.82, 2.24) is 4.98 Å². The quantitative estimate of drug-likeness (QED) is 0.797. The molecule has 3 rings (SSSR count). The Morgan fingerprint density at radius 3 is 2.43 bits per heavy atom. The summed E-state index contributed by atoms with van der Waals surface area (Å²) in [7, 11) is 0. The summed E-state index contributed by atoms with van der Waals surface area (Å²) >= 11 is 0. The molecule has 1 aromatic carbocycles. The lowest BCUT2D eigenvalue weighted by Gasteiger charge is -2.06. The number of hydrogen-bond acceptors (Lipinski definition) is 4. The van der Waals surface area contributed by atoms with Crippen LogP contribution < -0.4 is 5.73 Å². The van der Waals surface area contributed by atoms with Crippen molar-refractivity contribution < 1.29 is 9.53 Å². The average Bonchev–Trinajstić information content (AvgIpc) is 3.38. The van der Waals surface area contributed by atoms with Crippen molar-refractivity contribution in [1.29, 1.82) is 0 Å².